The summed E-state index contributed by atoms with van der Waals surface area (Å²) in [7, 11) is 0. The average Bonchev–Trinajstić information content (AvgIpc) is 2.45. The molecule has 0 fully saturated rings. The lowest BCUT2D eigenvalue weighted by molar-refractivity contribution is 0.101. The van der Waals surface area contributed by atoms with Gasteiger partial charge in [-0.3, -0.25) is 4.79 Å². The monoisotopic (exact) mass is 272 g/mol. The van der Waals surface area contributed by atoms with E-state index in [1.807, 2.05) is 6.07 Å². The second kappa shape index (κ2) is 6.21. The van der Waals surface area contributed by atoms with Gasteiger partial charge in [0.05, 0.1) is 11.7 Å². The van der Waals surface area contributed by atoms with Crippen LogP contribution in [0.25, 0.3) is 0 Å². The zero-order valence-electron chi connectivity index (χ0n) is 11.1. The molecule has 2 rings (SSSR count). The van der Waals surface area contributed by atoms with Gasteiger partial charge in [0.2, 0.25) is 0 Å². The predicted octanol–water partition coefficient (Wildman–Crippen LogP) is 2.38. The number of benzene rings is 2. The lowest BCUT2D eigenvalue weighted by Gasteiger charge is -2.13. The summed E-state index contributed by atoms with van der Waals surface area (Å²) in [6.07, 6.45) is -0.686. The molecule has 4 nitrogen and oxygen atoms in total. The molecule has 0 bridgehead atoms. The fourth-order valence-electron chi connectivity index (χ4n) is 1.80. The Labute approximate surface area is 117 Å². The largest absolute Gasteiger partial charge is 0.504 e. The van der Waals surface area contributed by atoms with Crippen LogP contribution in [0.2, 0.25) is 0 Å². The number of rotatable bonds is 5. The third-order valence-corrected chi connectivity index (χ3v) is 2.74. The number of phenolic OH excluding ortho intramolecular Hbond substituents is 1. The number of aliphatic hydroxyl groups is 1. The number of hydrogen-bond acceptors (Lipinski definition) is 4. The van der Waals surface area contributed by atoms with Gasteiger partial charge in [-0.25, -0.2) is 0 Å². The minimum absolute atomic E-state index is 0.00659. The van der Waals surface area contributed by atoms with Crippen molar-refractivity contribution in [3.8, 4) is 11.5 Å². The molecule has 0 aliphatic heterocycles. The maximum absolute atomic E-state index is 12.4. The molecule has 2 aromatic carbocycles. The minimum atomic E-state index is -0.686. The first-order valence-corrected chi connectivity index (χ1v) is 6.32. The van der Waals surface area contributed by atoms with Crippen LogP contribution in [-0.2, 0) is 0 Å². The van der Waals surface area contributed by atoms with Gasteiger partial charge in [0.25, 0.3) is 0 Å². The molecule has 1 unspecified atom stereocenters. The summed E-state index contributed by atoms with van der Waals surface area (Å²) in [5.41, 5.74) is 0.789. The molecule has 0 heterocycles. The second-order valence-electron chi connectivity index (χ2n) is 4.51. The van der Waals surface area contributed by atoms with E-state index < -0.39 is 6.10 Å². The molecule has 0 saturated heterocycles. The van der Waals surface area contributed by atoms with Crippen molar-refractivity contribution >= 4 is 5.78 Å². The third-order valence-electron chi connectivity index (χ3n) is 2.74. The summed E-state index contributed by atoms with van der Waals surface area (Å²) in [5.74, 6) is -0.253. The van der Waals surface area contributed by atoms with Gasteiger partial charge < -0.3 is 14.9 Å². The highest BCUT2D eigenvalue weighted by atomic mass is 16.5. The predicted molar refractivity (Wildman–Crippen MR) is 75.2 cm³/mol. The zero-order valence-corrected chi connectivity index (χ0v) is 11.1. The van der Waals surface area contributed by atoms with Crippen molar-refractivity contribution in [2.45, 2.75) is 13.0 Å². The molecular weight excluding hydrogens is 256 g/mol. The van der Waals surface area contributed by atoms with E-state index in [9.17, 15) is 15.0 Å². The maximum atomic E-state index is 12.4. The molecule has 1 atom stereocenters. The van der Waals surface area contributed by atoms with Crippen LogP contribution in [0.1, 0.15) is 22.8 Å². The molecule has 0 aliphatic carbocycles. The molecule has 0 spiro atoms. The van der Waals surface area contributed by atoms with Gasteiger partial charge in [0.15, 0.2) is 17.3 Å². The highest BCUT2D eigenvalue weighted by molar-refractivity contribution is 6.11. The number of ether oxygens (including phenoxy) is 1. The van der Waals surface area contributed by atoms with Crippen LogP contribution >= 0.6 is 0 Å². The number of hydrogen-bond donors (Lipinski definition) is 2. The summed E-state index contributed by atoms with van der Waals surface area (Å²) in [6.45, 7) is 1.57. The number of aromatic hydroxyl groups is 1. The van der Waals surface area contributed by atoms with Crippen LogP contribution in [0.3, 0.4) is 0 Å². The van der Waals surface area contributed by atoms with E-state index >= 15 is 0 Å². The zero-order chi connectivity index (χ0) is 14.5. The van der Waals surface area contributed by atoms with Crippen molar-refractivity contribution in [1.82, 2.24) is 0 Å². The van der Waals surface area contributed by atoms with Crippen LogP contribution < -0.4 is 4.74 Å². The minimum Gasteiger partial charge on any atom is -0.504 e. The van der Waals surface area contributed by atoms with Crippen LogP contribution in [0.4, 0.5) is 0 Å². The topological polar surface area (TPSA) is 66.8 Å². The van der Waals surface area contributed by atoms with Crippen molar-refractivity contribution in [1.29, 1.82) is 0 Å². The summed E-state index contributed by atoms with van der Waals surface area (Å²) in [5, 5.41) is 19.1. The molecule has 2 aromatic rings. The van der Waals surface area contributed by atoms with Crippen molar-refractivity contribution in [3.63, 3.8) is 0 Å². The van der Waals surface area contributed by atoms with E-state index in [0.717, 1.165) is 0 Å². The fraction of sp³-hybridized carbons (Fsp3) is 0.188. The first-order valence-electron chi connectivity index (χ1n) is 6.32. The highest BCUT2D eigenvalue weighted by Crippen LogP contribution is 2.31. The Morgan fingerprint density at radius 1 is 1.15 bits per heavy atom. The Kier molecular flexibility index (Phi) is 4.38. The molecule has 0 amide bonds. The molecule has 20 heavy (non-hydrogen) atoms. The number of aliphatic hydroxyl groups excluding tert-OH is 1. The van der Waals surface area contributed by atoms with Crippen LogP contribution in [0, 0.1) is 0 Å². The first-order chi connectivity index (χ1) is 9.59. The smallest absolute Gasteiger partial charge is 0.196 e. The lowest BCUT2D eigenvalue weighted by atomic mass is 10.0. The van der Waals surface area contributed by atoms with Gasteiger partial charge in [-0.15, -0.1) is 0 Å². The Bertz CT molecular complexity index is 591. The first kappa shape index (κ1) is 14.1. The molecular formula is C16H16O4. The van der Waals surface area contributed by atoms with Gasteiger partial charge in [-0.2, -0.15) is 0 Å². The Morgan fingerprint density at radius 3 is 2.50 bits per heavy atom. The number of phenols is 1. The van der Waals surface area contributed by atoms with E-state index in [1.165, 1.54) is 6.07 Å². The number of carbonyl (C=O) groups is 1. The van der Waals surface area contributed by atoms with E-state index in [2.05, 4.69) is 0 Å². The van der Waals surface area contributed by atoms with Crippen molar-refractivity contribution in [3.05, 3.63) is 59.7 Å². The van der Waals surface area contributed by atoms with Crippen molar-refractivity contribution < 1.29 is 19.7 Å². The van der Waals surface area contributed by atoms with Crippen LogP contribution in [0.15, 0.2) is 48.5 Å². The Morgan fingerprint density at radius 2 is 1.85 bits per heavy atom. The molecule has 0 aromatic heterocycles. The fourth-order valence-corrected chi connectivity index (χ4v) is 1.80. The van der Waals surface area contributed by atoms with Gasteiger partial charge in [0.1, 0.15) is 6.61 Å². The molecule has 0 saturated carbocycles. The number of carbonyl (C=O) groups excluding carboxylic acids is 1. The summed E-state index contributed by atoms with van der Waals surface area (Å²) in [6, 6.07) is 13.4. The molecule has 2 N–H and O–H groups in total. The lowest BCUT2D eigenvalue weighted by Crippen LogP contribution is -2.15. The second-order valence-corrected chi connectivity index (χ2v) is 4.51. The Balaban J connectivity index is 2.36. The quantitative estimate of drug-likeness (QED) is 0.820. The molecule has 104 valence electrons. The summed E-state index contributed by atoms with van der Waals surface area (Å²) in [4.78, 5) is 12.4. The average molecular weight is 272 g/mol. The van der Waals surface area contributed by atoms with E-state index in [4.69, 9.17) is 4.74 Å². The van der Waals surface area contributed by atoms with E-state index in [0.29, 0.717) is 5.56 Å². The van der Waals surface area contributed by atoms with E-state index in [-0.39, 0.29) is 29.5 Å². The standard InChI is InChI=1S/C16H16O4/c1-11(17)10-20-16-13(8-5-9-14(16)18)15(19)12-6-3-2-4-7-12/h2-9,11,17-18H,10H2,1H3. The summed E-state index contributed by atoms with van der Waals surface area (Å²) >= 11 is 0. The number of ketones is 1. The molecule has 4 heteroatoms. The SMILES string of the molecule is CC(O)COc1c(O)cccc1C(=O)c1ccccc1. The molecule has 0 radical (unpaired) electrons. The van der Waals surface area contributed by atoms with Crippen LogP contribution in [-0.4, -0.2) is 28.7 Å². The van der Waals surface area contributed by atoms with Crippen LogP contribution in [0.5, 0.6) is 11.5 Å². The normalized spacial score (nSPS) is 11.9. The Hall–Kier alpha value is -2.33. The molecule has 0 aliphatic rings. The van der Waals surface area contributed by atoms with Gasteiger partial charge in [0, 0.05) is 5.56 Å². The van der Waals surface area contributed by atoms with Crippen molar-refractivity contribution in [2.24, 2.45) is 0 Å². The van der Waals surface area contributed by atoms with E-state index in [1.54, 1.807) is 43.3 Å². The maximum Gasteiger partial charge on any atom is 0.196 e. The van der Waals surface area contributed by atoms with Crippen molar-refractivity contribution in [2.75, 3.05) is 6.61 Å². The van der Waals surface area contributed by atoms with Gasteiger partial charge >= 0.3 is 0 Å². The van der Waals surface area contributed by atoms with Gasteiger partial charge in [-0.1, -0.05) is 36.4 Å². The van der Waals surface area contributed by atoms with Gasteiger partial charge in [-0.05, 0) is 19.1 Å². The third kappa shape index (κ3) is 3.16. The highest BCUT2D eigenvalue weighted by Gasteiger charge is 2.18. The summed E-state index contributed by atoms with van der Waals surface area (Å²) < 4.78 is 5.35. The number of para-hydroxylation sites is 1.